The van der Waals surface area contributed by atoms with Crippen LogP contribution in [-0.2, 0) is 0 Å². The lowest BCUT2D eigenvalue weighted by Gasteiger charge is -2.33. The zero-order chi connectivity index (χ0) is 10.3. The molecule has 0 spiro atoms. The minimum atomic E-state index is -0.0805. The molecule has 0 aliphatic carbocycles. The summed E-state index contributed by atoms with van der Waals surface area (Å²) in [6, 6.07) is 5.54. The maximum absolute atomic E-state index is 11.4. The van der Waals surface area contributed by atoms with E-state index >= 15 is 0 Å². The molecule has 1 aliphatic rings. The molecule has 0 amide bonds. The Labute approximate surface area is 86.6 Å². The van der Waals surface area contributed by atoms with Crippen molar-refractivity contribution in [2.45, 2.75) is 6.42 Å². The molecule has 3 heterocycles. The van der Waals surface area contributed by atoms with E-state index in [0.717, 1.165) is 24.2 Å². The summed E-state index contributed by atoms with van der Waals surface area (Å²) in [6.07, 6.45) is 2.90. The Kier molecular flexibility index (Phi) is 1.74. The summed E-state index contributed by atoms with van der Waals surface area (Å²) in [5.74, 6) is 0. The number of fused-ring (bicyclic) bond motifs is 1. The molecule has 4 heteroatoms. The second-order valence-corrected chi connectivity index (χ2v) is 3.76. The molecule has 3 rings (SSSR count). The molecule has 1 saturated heterocycles. The van der Waals surface area contributed by atoms with E-state index in [4.69, 9.17) is 0 Å². The van der Waals surface area contributed by atoms with Crippen LogP contribution in [0.5, 0.6) is 0 Å². The van der Waals surface area contributed by atoms with Gasteiger partial charge in [0.25, 0.3) is 5.56 Å². The van der Waals surface area contributed by atoms with E-state index in [1.54, 1.807) is 12.3 Å². The van der Waals surface area contributed by atoms with Crippen molar-refractivity contribution in [3.8, 4) is 0 Å². The summed E-state index contributed by atoms with van der Waals surface area (Å²) in [6.45, 7) is 2.07. The first-order valence-corrected chi connectivity index (χ1v) is 5.07. The van der Waals surface area contributed by atoms with Gasteiger partial charge < -0.3 is 9.88 Å². The molecule has 0 atom stereocenters. The SMILES string of the molecule is O=c1cc(N2CCC2)c2cccnc2[nH]1. The Hall–Kier alpha value is -1.84. The van der Waals surface area contributed by atoms with Crippen LogP contribution in [-0.4, -0.2) is 23.1 Å². The first-order chi connectivity index (χ1) is 7.34. The van der Waals surface area contributed by atoms with Crippen LogP contribution in [0.1, 0.15) is 6.42 Å². The molecule has 0 saturated carbocycles. The number of aromatic amines is 1. The van der Waals surface area contributed by atoms with Gasteiger partial charge in [0.15, 0.2) is 0 Å². The highest BCUT2D eigenvalue weighted by atomic mass is 16.1. The molecule has 0 unspecified atom stereocenters. The van der Waals surface area contributed by atoms with Crippen molar-refractivity contribution in [3.05, 3.63) is 34.7 Å². The number of anilines is 1. The van der Waals surface area contributed by atoms with Crippen molar-refractivity contribution in [2.24, 2.45) is 0 Å². The predicted octanol–water partition coefficient (Wildman–Crippen LogP) is 1.13. The third-order valence-corrected chi connectivity index (χ3v) is 2.79. The van der Waals surface area contributed by atoms with Crippen LogP contribution >= 0.6 is 0 Å². The zero-order valence-corrected chi connectivity index (χ0v) is 8.23. The fourth-order valence-electron chi connectivity index (χ4n) is 1.89. The lowest BCUT2D eigenvalue weighted by atomic mass is 10.1. The lowest BCUT2D eigenvalue weighted by Crippen LogP contribution is -2.37. The summed E-state index contributed by atoms with van der Waals surface area (Å²) in [4.78, 5) is 20.5. The van der Waals surface area contributed by atoms with Gasteiger partial charge in [-0.1, -0.05) is 0 Å². The topological polar surface area (TPSA) is 49.0 Å². The van der Waals surface area contributed by atoms with Crippen LogP contribution in [0.3, 0.4) is 0 Å². The quantitative estimate of drug-likeness (QED) is 0.752. The highest BCUT2D eigenvalue weighted by Gasteiger charge is 2.17. The van der Waals surface area contributed by atoms with Crippen LogP contribution in [0, 0.1) is 0 Å². The summed E-state index contributed by atoms with van der Waals surface area (Å²) in [5, 5.41) is 1.02. The standard InChI is InChI=1S/C11H11N3O/c15-10-7-9(14-5-2-6-14)8-3-1-4-12-11(8)13-10/h1,3-4,7H,2,5-6H2,(H,12,13,15). The smallest absolute Gasteiger partial charge is 0.251 e. The van der Waals surface area contributed by atoms with E-state index in [0.29, 0.717) is 5.65 Å². The Morgan fingerprint density at radius 1 is 1.40 bits per heavy atom. The molecular weight excluding hydrogens is 190 g/mol. The molecule has 1 aliphatic heterocycles. The number of nitrogens with one attached hydrogen (secondary N) is 1. The van der Waals surface area contributed by atoms with E-state index < -0.39 is 0 Å². The van der Waals surface area contributed by atoms with Gasteiger partial charge in [0, 0.05) is 30.7 Å². The van der Waals surface area contributed by atoms with Crippen molar-refractivity contribution >= 4 is 16.7 Å². The van der Waals surface area contributed by atoms with Crippen LogP contribution in [0.2, 0.25) is 0 Å². The van der Waals surface area contributed by atoms with Gasteiger partial charge in [0.1, 0.15) is 5.65 Å². The molecule has 0 radical (unpaired) electrons. The highest BCUT2D eigenvalue weighted by molar-refractivity contribution is 5.89. The molecular formula is C11H11N3O. The van der Waals surface area contributed by atoms with Crippen LogP contribution in [0.25, 0.3) is 11.0 Å². The van der Waals surface area contributed by atoms with Gasteiger partial charge in [-0.2, -0.15) is 0 Å². The minimum Gasteiger partial charge on any atom is -0.371 e. The molecule has 2 aromatic heterocycles. The zero-order valence-electron chi connectivity index (χ0n) is 8.23. The fraction of sp³-hybridized carbons (Fsp3) is 0.273. The molecule has 76 valence electrons. The van der Waals surface area contributed by atoms with E-state index in [2.05, 4.69) is 14.9 Å². The number of hydrogen-bond acceptors (Lipinski definition) is 3. The molecule has 2 aromatic rings. The van der Waals surface area contributed by atoms with Crippen molar-refractivity contribution in [3.63, 3.8) is 0 Å². The number of H-pyrrole nitrogens is 1. The first-order valence-electron chi connectivity index (χ1n) is 5.07. The summed E-state index contributed by atoms with van der Waals surface area (Å²) in [7, 11) is 0. The van der Waals surface area contributed by atoms with E-state index in [9.17, 15) is 4.79 Å². The van der Waals surface area contributed by atoms with Crippen LogP contribution in [0.4, 0.5) is 5.69 Å². The number of pyridine rings is 2. The summed E-state index contributed by atoms with van der Waals surface area (Å²) < 4.78 is 0. The Morgan fingerprint density at radius 2 is 2.27 bits per heavy atom. The van der Waals surface area contributed by atoms with E-state index in [1.165, 1.54) is 6.42 Å². The maximum atomic E-state index is 11.4. The molecule has 1 fully saturated rings. The average molecular weight is 201 g/mol. The minimum absolute atomic E-state index is 0.0805. The Morgan fingerprint density at radius 3 is 3.00 bits per heavy atom. The normalized spacial score (nSPS) is 15.3. The second kappa shape index (κ2) is 3.08. The van der Waals surface area contributed by atoms with Gasteiger partial charge in [0.05, 0.1) is 5.69 Å². The van der Waals surface area contributed by atoms with E-state index in [1.807, 2.05) is 12.1 Å². The molecule has 0 bridgehead atoms. The molecule has 1 N–H and O–H groups in total. The van der Waals surface area contributed by atoms with E-state index in [-0.39, 0.29) is 5.56 Å². The third-order valence-electron chi connectivity index (χ3n) is 2.79. The van der Waals surface area contributed by atoms with Gasteiger partial charge in [0.2, 0.25) is 0 Å². The van der Waals surface area contributed by atoms with Crippen molar-refractivity contribution < 1.29 is 0 Å². The second-order valence-electron chi connectivity index (χ2n) is 3.76. The average Bonchev–Trinajstić information content (AvgIpc) is 2.14. The maximum Gasteiger partial charge on any atom is 0.251 e. The summed E-state index contributed by atoms with van der Waals surface area (Å²) in [5.41, 5.74) is 1.60. The fourth-order valence-corrected chi connectivity index (χ4v) is 1.89. The van der Waals surface area contributed by atoms with Gasteiger partial charge in [-0.15, -0.1) is 0 Å². The number of rotatable bonds is 1. The molecule has 15 heavy (non-hydrogen) atoms. The van der Waals surface area contributed by atoms with Crippen molar-refractivity contribution in [2.75, 3.05) is 18.0 Å². The largest absolute Gasteiger partial charge is 0.371 e. The number of nitrogens with zero attached hydrogens (tertiary/aromatic N) is 2. The lowest BCUT2D eigenvalue weighted by molar-refractivity contribution is 0.619. The monoisotopic (exact) mass is 201 g/mol. The summed E-state index contributed by atoms with van der Waals surface area (Å²) >= 11 is 0. The predicted molar refractivity (Wildman–Crippen MR) is 59.2 cm³/mol. The number of aromatic nitrogens is 2. The number of hydrogen-bond donors (Lipinski definition) is 1. The first kappa shape index (κ1) is 8.47. The van der Waals surface area contributed by atoms with Crippen LogP contribution in [0.15, 0.2) is 29.2 Å². The van der Waals surface area contributed by atoms with Gasteiger partial charge in [-0.05, 0) is 18.6 Å². The Balaban J connectivity index is 2.30. The van der Waals surface area contributed by atoms with Crippen molar-refractivity contribution in [1.29, 1.82) is 0 Å². The van der Waals surface area contributed by atoms with Gasteiger partial charge >= 0.3 is 0 Å². The van der Waals surface area contributed by atoms with Gasteiger partial charge in [-0.3, -0.25) is 4.79 Å². The van der Waals surface area contributed by atoms with Crippen LogP contribution < -0.4 is 10.5 Å². The van der Waals surface area contributed by atoms with Gasteiger partial charge in [-0.25, -0.2) is 4.98 Å². The molecule has 4 nitrogen and oxygen atoms in total. The highest BCUT2D eigenvalue weighted by Crippen LogP contribution is 2.25. The van der Waals surface area contributed by atoms with Crippen molar-refractivity contribution in [1.82, 2.24) is 9.97 Å². The Bertz CT molecular complexity index is 557. The molecule has 0 aromatic carbocycles. The third kappa shape index (κ3) is 1.29.